The largest absolute Gasteiger partial charge is 0.478 e. The minimum atomic E-state index is -1.23. The molecule has 0 bridgehead atoms. The van der Waals surface area contributed by atoms with Gasteiger partial charge in [0, 0.05) is 18.2 Å². The van der Waals surface area contributed by atoms with Gasteiger partial charge in [0.15, 0.2) is 0 Å². The van der Waals surface area contributed by atoms with Gasteiger partial charge in [-0.3, -0.25) is 10.1 Å². The van der Waals surface area contributed by atoms with Crippen LogP contribution in [0.15, 0.2) is 12.2 Å². The van der Waals surface area contributed by atoms with Crippen molar-refractivity contribution in [2.75, 3.05) is 11.5 Å². The van der Waals surface area contributed by atoms with Crippen molar-refractivity contribution in [1.29, 1.82) is 0 Å². The molecule has 0 spiro atoms. The second kappa shape index (κ2) is 6.95. The minimum absolute atomic E-state index is 0.0903. The van der Waals surface area contributed by atoms with Crippen molar-refractivity contribution in [2.24, 2.45) is 0 Å². The summed E-state index contributed by atoms with van der Waals surface area (Å²) in [4.78, 5) is 32.5. The van der Waals surface area contributed by atoms with Crippen molar-refractivity contribution in [2.45, 2.75) is 18.9 Å². The first-order chi connectivity index (χ1) is 8.08. The molecular weight excluding hydrogens is 244 g/mol. The van der Waals surface area contributed by atoms with E-state index in [9.17, 15) is 14.4 Å². The third kappa shape index (κ3) is 5.96. The van der Waals surface area contributed by atoms with Crippen molar-refractivity contribution in [3.8, 4) is 0 Å². The first-order valence-electron chi connectivity index (χ1n) is 5.18. The Morgan fingerprint density at radius 1 is 1.18 bits per heavy atom. The zero-order valence-electron chi connectivity index (χ0n) is 9.14. The molecular formula is C10H14N2O4S. The lowest BCUT2D eigenvalue weighted by molar-refractivity contribution is -0.131. The van der Waals surface area contributed by atoms with Crippen LogP contribution in [0.5, 0.6) is 0 Å². The molecule has 0 atom stereocenters. The van der Waals surface area contributed by atoms with E-state index in [0.717, 1.165) is 30.4 Å². The lowest BCUT2D eigenvalue weighted by atomic mass is 10.2. The third-order valence-electron chi connectivity index (χ3n) is 2.17. The summed E-state index contributed by atoms with van der Waals surface area (Å²) in [5, 5.41) is 13.0. The Bertz CT molecular complexity index is 337. The Balaban J connectivity index is 2.28. The molecule has 0 unspecified atom stereocenters. The summed E-state index contributed by atoms with van der Waals surface area (Å²) in [5.41, 5.74) is 0. The molecule has 0 aromatic heterocycles. The van der Waals surface area contributed by atoms with E-state index < -0.39 is 17.9 Å². The molecule has 6 nitrogen and oxygen atoms in total. The van der Waals surface area contributed by atoms with Gasteiger partial charge in [0.2, 0.25) is 0 Å². The van der Waals surface area contributed by atoms with Crippen LogP contribution in [0.1, 0.15) is 12.8 Å². The monoisotopic (exact) mass is 258 g/mol. The number of rotatable bonds is 3. The van der Waals surface area contributed by atoms with E-state index in [1.807, 2.05) is 17.1 Å². The van der Waals surface area contributed by atoms with Gasteiger partial charge in [0.1, 0.15) is 0 Å². The molecule has 0 saturated carbocycles. The molecule has 1 saturated heterocycles. The topological polar surface area (TPSA) is 95.5 Å². The summed E-state index contributed by atoms with van der Waals surface area (Å²) in [6.07, 6.45) is 3.26. The normalized spacial score (nSPS) is 16.7. The molecule has 94 valence electrons. The maximum atomic E-state index is 11.3. The summed E-state index contributed by atoms with van der Waals surface area (Å²) in [6.45, 7) is 0. The molecule has 1 aliphatic heterocycles. The van der Waals surface area contributed by atoms with Crippen LogP contribution in [0, 0.1) is 0 Å². The molecule has 1 fully saturated rings. The number of hydrogen-bond acceptors (Lipinski definition) is 4. The van der Waals surface area contributed by atoms with Crippen molar-refractivity contribution in [3.63, 3.8) is 0 Å². The molecule has 3 amide bonds. The number of aliphatic carboxylic acids is 1. The predicted octanol–water partition coefficient (Wildman–Crippen LogP) is 0.349. The highest BCUT2D eigenvalue weighted by Gasteiger charge is 2.16. The molecule has 0 aliphatic carbocycles. The summed E-state index contributed by atoms with van der Waals surface area (Å²) in [7, 11) is 0. The number of carboxylic acid groups (broad SMARTS) is 1. The van der Waals surface area contributed by atoms with E-state index >= 15 is 0 Å². The van der Waals surface area contributed by atoms with Crippen molar-refractivity contribution >= 4 is 29.7 Å². The molecule has 1 heterocycles. The maximum absolute atomic E-state index is 11.3. The van der Waals surface area contributed by atoms with Gasteiger partial charge in [0.25, 0.3) is 5.91 Å². The van der Waals surface area contributed by atoms with Crippen molar-refractivity contribution in [3.05, 3.63) is 12.2 Å². The number of urea groups is 1. The van der Waals surface area contributed by atoms with E-state index in [2.05, 4.69) is 5.32 Å². The van der Waals surface area contributed by atoms with E-state index in [1.165, 1.54) is 0 Å². The molecule has 7 heteroatoms. The van der Waals surface area contributed by atoms with Gasteiger partial charge in [-0.25, -0.2) is 9.59 Å². The smallest absolute Gasteiger partial charge is 0.328 e. The van der Waals surface area contributed by atoms with Gasteiger partial charge in [-0.1, -0.05) is 0 Å². The number of amides is 3. The molecule has 1 rings (SSSR count). The Morgan fingerprint density at radius 3 is 2.41 bits per heavy atom. The second-order valence-electron chi connectivity index (χ2n) is 3.52. The number of carbonyl (C=O) groups excluding carboxylic acids is 2. The zero-order chi connectivity index (χ0) is 12.7. The van der Waals surface area contributed by atoms with Gasteiger partial charge in [-0.15, -0.1) is 0 Å². The number of imide groups is 1. The molecule has 17 heavy (non-hydrogen) atoms. The fourth-order valence-electron chi connectivity index (χ4n) is 1.36. The predicted molar refractivity (Wildman–Crippen MR) is 63.8 cm³/mol. The van der Waals surface area contributed by atoms with Crippen LogP contribution < -0.4 is 10.6 Å². The Morgan fingerprint density at radius 2 is 1.82 bits per heavy atom. The highest BCUT2D eigenvalue weighted by atomic mass is 32.2. The SMILES string of the molecule is O=C(O)/C=C/C(=O)NC(=O)NC1CCSCC1. The molecule has 3 N–H and O–H groups in total. The summed E-state index contributed by atoms with van der Waals surface area (Å²) in [6, 6.07) is -0.491. The first kappa shape index (κ1) is 13.6. The fourth-order valence-corrected chi connectivity index (χ4v) is 2.47. The van der Waals surface area contributed by atoms with Crippen LogP contribution in [0.3, 0.4) is 0 Å². The van der Waals surface area contributed by atoms with Gasteiger partial charge in [-0.05, 0) is 24.3 Å². The van der Waals surface area contributed by atoms with Gasteiger partial charge in [-0.2, -0.15) is 11.8 Å². The van der Waals surface area contributed by atoms with Crippen molar-refractivity contribution in [1.82, 2.24) is 10.6 Å². The summed E-state index contributed by atoms with van der Waals surface area (Å²) in [5.74, 6) is 0.0234. The highest BCUT2D eigenvalue weighted by molar-refractivity contribution is 7.99. The number of nitrogens with one attached hydrogen (secondary N) is 2. The van der Waals surface area contributed by atoms with Crippen LogP contribution in [-0.4, -0.2) is 40.6 Å². The Labute approximate surface area is 103 Å². The molecule has 1 aliphatic rings. The maximum Gasteiger partial charge on any atom is 0.328 e. The summed E-state index contributed by atoms with van der Waals surface area (Å²) >= 11 is 1.84. The van der Waals surface area contributed by atoms with E-state index in [0.29, 0.717) is 6.08 Å². The van der Waals surface area contributed by atoms with Crippen LogP contribution in [0.4, 0.5) is 4.79 Å². The van der Waals surface area contributed by atoms with Crippen molar-refractivity contribution < 1.29 is 19.5 Å². The van der Waals surface area contributed by atoms with Gasteiger partial charge >= 0.3 is 12.0 Å². The van der Waals surface area contributed by atoms with Crippen LogP contribution in [0.25, 0.3) is 0 Å². The van der Waals surface area contributed by atoms with Crippen LogP contribution in [0.2, 0.25) is 0 Å². The average Bonchev–Trinajstić information content (AvgIpc) is 2.27. The number of thioether (sulfide) groups is 1. The molecule has 0 radical (unpaired) electrons. The van der Waals surface area contributed by atoms with E-state index in [-0.39, 0.29) is 6.04 Å². The van der Waals surface area contributed by atoms with Crippen LogP contribution in [-0.2, 0) is 9.59 Å². The Kier molecular flexibility index (Phi) is 5.55. The second-order valence-corrected chi connectivity index (χ2v) is 4.75. The highest BCUT2D eigenvalue weighted by Crippen LogP contribution is 2.16. The Hall–Kier alpha value is -1.50. The molecule has 0 aromatic carbocycles. The first-order valence-corrected chi connectivity index (χ1v) is 6.33. The fraction of sp³-hybridized carbons (Fsp3) is 0.500. The standard InChI is InChI=1S/C10H14N2O4S/c13-8(1-2-9(14)15)12-10(16)11-7-3-5-17-6-4-7/h1-2,7H,3-6H2,(H,14,15)(H2,11,12,13,16)/b2-1+. The summed E-state index contributed by atoms with van der Waals surface area (Å²) < 4.78 is 0. The average molecular weight is 258 g/mol. The van der Waals surface area contributed by atoms with E-state index in [4.69, 9.17) is 5.11 Å². The molecule has 0 aromatic rings. The quantitative estimate of drug-likeness (QED) is 0.635. The van der Waals surface area contributed by atoms with Gasteiger partial charge in [0.05, 0.1) is 0 Å². The lowest BCUT2D eigenvalue weighted by Gasteiger charge is -2.22. The van der Waals surface area contributed by atoms with E-state index in [1.54, 1.807) is 0 Å². The minimum Gasteiger partial charge on any atom is -0.478 e. The number of carboxylic acids is 1. The third-order valence-corrected chi connectivity index (χ3v) is 3.22. The zero-order valence-corrected chi connectivity index (χ0v) is 9.96. The number of hydrogen-bond donors (Lipinski definition) is 3. The van der Waals surface area contributed by atoms with Crippen LogP contribution >= 0.6 is 11.8 Å². The number of carbonyl (C=O) groups is 3. The van der Waals surface area contributed by atoms with Gasteiger partial charge < -0.3 is 10.4 Å². The lowest BCUT2D eigenvalue weighted by Crippen LogP contribution is -2.45.